The van der Waals surface area contributed by atoms with Crippen LogP contribution in [0.2, 0.25) is 0 Å². The van der Waals surface area contributed by atoms with Gasteiger partial charge >= 0.3 is 192 Å². The molecule has 6 rings (SSSR count). The SMILES string of the molecule is O=c1c([Se]c2ccccc2)c(-c2ccc3c(ccc4ccccc43)c2)oc2ccccc12. The number of fused-ring (bicyclic) bond motifs is 4. The average Bonchev–Trinajstić information content (AvgIpc) is 2.86. The van der Waals surface area contributed by atoms with Gasteiger partial charge in [-0.25, -0.2) is 0 Å². The van der Waals surface area contributed by atoms with Gasteiger partial charge in [0.25, 0.3) is 0 Å². The Balaban J connectivity index is 1.60. The molecule has 0 saturated carbocycles. The van der Waals surface area contributed by atoms with Gasteiger partial charge in [-0.15, -0.1) is 0 Å². The van der Waals surface area contributed by atoms with Crippen LogP contribution in [0.3, 0.4) is 0 Å². The molecular weight excluding hydrogens is 459 g/mol. The Morgan fingerprint density at radius 3 is 2.16 bits per heavy atom. The molecule has 0 aliphatic rings. The molecule has 0 atom stereocenters. The second-order valence-electron chi connectivity index (χ2n) is 7.72. The molecule has 0 amide bonds. The molecular formula is C29H18O2Se. The van der Waals surface area contributed by atoms with Crippen LogP contribution >= 0.6 is 0 Å². The van der Waals surface area contributed by atoms with E-state index in [-0.39, 0.29) is 20.4 Å². The van der Waals surface area contributed by atoms with Gasteiger partial charge in [0, 0.05) is 0 Å². The van der Waals surface area contributed by atoms with Crippen molar-refractivity contribution in [3.63, 3.8) is 0 Å². The van der Waals surface area contributed by atoms with Gasteiger partial charge in [-0.2, -0.15) is 0 Å². The molecule has 0 radical (unpaired) electrons. The van der Waals surface area contributed by atoms with Crippen LogP contribution in [0, 0.1) is 0 Å². The van der Waals surface area contributed by atoms with Crippen molar-refractivity contribution in [1.29, 1.82) is 0 Å². The van der Waals surface area contributed by atoms with E-state index in [1.54, 1.807) is 0 Å². The maximum absolute atomic E-state index is 13.5. The van der Waals surface area contributed by atoms with E-state index in [2.05, 4.69) is 66.7 Å². The zero-order valence-electron chi connectivity index (χ0n) is 17.1. The van der Waals surface area contributed by atoms with Crippen LogP contribution in [0.4, 0.5) is 0 Å². The quantitative estimate of drug-likeness (QED) is 0.252. The summed E-state index contributed by atoms with van der Waals surface area (Å²) < 4.78 is 8.29. The molecule has 0 unspecified atom stereocenters. The van der Waals surface area contributed by atoms with E-state index >= 15 is 0 Å². The monoisotopic (exact) mass is 478 g/mol. The van der Waals surface area contributed by atoms with E-state index in [0.29, 0.717) is 16.7 Å². The topological polar surface area (TPSA) is 30.2 Å². The Labute approximate surface area is 191 Å². The van der Waals surface area contributed by atoms with Crippen LogP contribution in [0.15, 0.2) is 118 Å². The summed E-state index contributed by atoms with van der Waals surface area (Å²) >= 11 is -0.167. The van der Waals surface area contributed by atoms with Crippen LogP contribution in [-0.4, -0.2) is 15.0 Å². The van der Waals surface area contributed by atoms with Crippen molar-refractivity contribution in [2.24, 2.45) is 0 Å². The minimum atomic E-state index is -0.167. The van der Waals surface area contributed by atoms with E-state index in [1.165, 1.54) is 16.2 Å². The molecule has 3 heteroatoms. The Hall–Kier alpha value is -3.65. The van der Waals surface area contributed by atoms with Crippen LogP contribution in [0.25, 0.3) is 43.8 Å². The third-order valence-electron chi connectivity index (χ3n) is 5.73. The van der Waals surface area contributed by atoms with Gasteiger partial charge in [-0.1, -0.05) is 0 Å². The fourth-order valence-corrected chi connectivity index (χ4v) is 6.23. The average molecular weight is 477 g/mol. The molecule has 0 aliphatic heterocycles. The summed E-state index contributed by atoms with van der Waals surface area (Å²) in [7, 11) is 0. The first-order chi connectivity index (χ1) is 15.8. The van der Waals surface area contributed by atoms with Crippen molar-refractivity contribution < 1.29 is 4.42 Å². The van der Waals surface area contributed by atoms with Crippen molar-refractivity contribution in [2.75, 3.05) is 0 Å². The standard InChI is InChI=1S/C29H18O2Se/c30-27-25-12-6-7-13-26(25)31-28(29(27)32-22-9-2-1-3-10-22)21-16-17-24-20(18-21)15-14-19-8-4-5-11-23(19)24/h1-18H. The van der Waals surface area contributed by atoms with Gasteiger partial charge in [-0.05, 0) is 0 Å². The van der Waals surface area contributed by atoms with E-state index in [0.717, 1.165) is 19.9 Å². The number of hydrogen-bond donors (Lipinski definition) is 0. The third kappa shape index (κ3) is 3.23. The fraction of sp³-hybridized carbons (Fsp3) is 0. The van der Waals surface area contributed by atoms with Crippen molar-refractivity contribution >= 4 is 56.4 Å². The van der Waals surface area contributed by atoms with Gasteiger partial charge in [0.1, 0.15) is 0 Å². The Kier molecular flexibility index (Phi) is 4.65. The Morgan fingerprint density at radius 2 is 1.28 bits per heavy atom. The van der Waals surface area contributed by atoms with Gasteiger partial charge in [-0.3, -0.25) is 0 Å². The van der Waals surface area contributed by atoms with Crippen LogP contribution in [-0.2, 0) is 0 Å². The summed E-state index contributed by atoms with van der Waals surface area (Å²) in [6.07, 6.45) is 0. The molecule has 152 valence electrons. The number of benzene rings is 5. The number of rotatable bonds is 3. The van der Waals surface area contributed by atoms with Gasteiger partial charge in [0.2, 0.25) is 0 Å². The van der Waals surface area contributed by atoms with Crippen LogP contribution in [0.1, 0.15) is 0 Å². The van der Waals surface area contributed by atoms with E-state index in [4.69, 9.17) is 4.42 Å². The van der Waals surface area contributed by atoms with Crippen molar-refractivity contribution in [1.82, 2.24) is 0 Å². The predicted octanol–water partition coefficient (Wildman–Crippen LogP) is 5.42. The predicted molar refractivity (Wildman–Crippen MR) is 134 cm³/mol. The molecule has 1 aromatic heterocycles. The molecule has 0 fully saturated rings. The molecule has 0 N–H and O–H groups in total. The number of para-hydroxylation sites is 1. The third-order valence-corrected chi connectivity index (χ3v) is 8.00. The zero-order valence-corrected chi connectivity index (χ0v) is 18.8. The molecule has 0 spiro atoms. The summed E-state index contributed by atoms with van der Waals surface area (Å²) in [5, 5.41) is 5.42. The summed E-state index contributed by atoms with van der Waals surface area (Å²) in [6, 6.07) is 36.7. The summed E-state index contributed by atoms with van der Waals surface area (Å²) in [6.45, 7) is 0. The Bertz CT molecular complexity index is 1670. The van der Waals surface area contributed by atoms with Crippen molar-refractivity contribution in [2.45, 2.75) is 0 Å². The van der Waals surface area contributed by atoms with E-state index < -0.39 is 0 Å². The first-order valence-electron chi connectivity index (χ1n) is 10.5. The second kappa shape index (κ2) is 7.80. The van der Waals surface area contributed by atoms with Gasteiger partial charge in [0.15, 0.2) is 0 Å². The molecule has 32 heavy (non-hydrogen) atoms. The van der Waals surface area contributed by atoms with Crippen molar-refractivity contribution in [3.05, 3.63) is 119 Å². The minimum absolute atomic E-state index is 0.0595. The van der Waals surface area contributed by atoms with Crippen molar-refractivity contribution in [3.8, 4) is 11.3 Å². The summed E-state index contributed by atoms with van der Waals surface area (Å²) in [5.41, 5.74) is 1.62. The van der Waals surface area contributed by atoms with E-state index in [9.17, 15) is 4.79 Å². The molecule has 1 heterocycles. The maximum atomic E-state index is 13.5. The van der Waals surface area contributed by atoms with Crippen LogP contribution in [0.5, 0.6) is 0 Å². The summed E-state index contributed by atoms with van der Waals surface area (Å²) in [4.78, 5) is 13.5. The number of hydrogen-bond acceptors (Lipinski definition) is 2. The Morgan fingerprint density at radius 1 is 0.594 bits per heavy atom. The first-order valence-corrected chi connectivity index (χ1v) is 12.2. The summed E-state index contributed by atoms with van der Waals surface area (Å²) in [5.74, 6) is 0.674. The molecule has 2 nitrogen and oxygen atoms in total. The first kappa shape index (κ1) is 19.1. The molecule has 5 aromatic carbocycles. The normalized spacial score (nSPS) is 11.4. The molecule has 0 saturated heterocycles. The molecule has 0 bridgehead atoms. The zero-order chi connectivity index (χ0) is 21.5. The molecule has 6 aromatic rings. The van der Waals surface area contributed by atoms with Gasteiger partial charge in [0.05, 0.1) is 0 Å². The van der Waals surface area contributed by atoms with Crippen LogP contribution < -0.4 is 14.4 Å². The second-order valence-corrected chi connectivity index (χ2v) is 10.00. The van der Waals surface area contributed by atoms with Gasteiger partial charge < -0.3 is 0 Å². The fourth-order valence-electron chi connectivity index (χ4n) is 4.17. The van der Waals surface area contributed by atoms with E-state index in [1.807, 2.05) is 42.5 Å². The molecule has 0 aliphatic carbocycles.